The van der Waals surface area contributed by atoms with Crippen LogP contribution in [0.15, 0.2) is 182 Å². The third-order valence-electron chi connectivity index (χ3n) is 13.7. The van der Waals surface area contributed by atoms with Crippen molar-refractivity contribution in [3.8, 4) is 34.0 Å². The lowest BCUT2D eigenvalue weighted by molar-refractivity contribution is 0.631. The Hall–Kier alpha value is -7.60. The number of fused-ring (bicyclic) bond motifs is 14. The van der Waals surface area contributed by atoms with Crippen molar-refractivity contribution in [3.63, 3.8) is 0 Å². The molecule has 0 N–H and O–H groups in total. The van der Waals surface area contributed by atoms with Gasteiger partial charge >= 0.3 is 0 Å². The second-order valence-corrected chi connectivity index (χ2v) is 18.4. The van der Waals surface area contributed by atoms with Crippen LogP contribution >= 0.6 is 11.3 Å². The summed E-state index contributed by atoms with van der Waals surface area (Å²) in [6.45, 7) is 4.76. The molecular formula is C57H36N4S. The van der Waals surface area contributed by atoms with E-state index in [1.807, 2.05) is 11.3 Å². The highest BCUT2D eigenvalue weighted by Gasteiger charge is 2.36. The molecule has 0 amide bonds. The smallest absolute Gasteiger partial charge is 0.235 e. The van der Waals surface area contributed by atoms with Crippen LogP contribution in [0.1, 0.15) is 25.0 Å². The van der Waals surface area contributed by atoms with Gasteiger partial charge in [-0.3, -0.25) is 4.57 Å². The maximum atomic E-state index is 5.51. The first kappa shape index (κ1) is 34.1. The van der Waals surface area contributed by atoms with Crippen LogP contribution < -0.4 is 0 Å². The van der Waals surface area contributed by atoms with Gasteiger partial charge in [-0.25, -0.2) is 9.97 Å². The summed E-state index contributed by atoms with van der Waals surface area (Å²) in [7, 11) is 0. The fourth-order valence-electron chi connectivity index (χ4n) is 10.8. The molecule has 0 bridgehead atoms. The fraction of sp³-hybridized carbons (Fsp3) is 0.0526. The topological polar surface area (TPSA) is 35.6 Å². The van der Waals surface area contributed by atoms with Crippen molar-refractivity contribution in [2.45, 2.75) is 19.3 Å². The van der Waals surface area contributed by atoms with E-state index >= 15 is 0 Å². The summed E-state index contributed by atoms with van der Waals surface area (Å²) < 4.78 is 7.30. The van der Waals surface area contributed by atoms with Gasteiger partial charge in [-0.15, -0.1) is 11.3 Å². The SMILES string of the molecule is CC1(C)c2ccccc2-n2c3ccc(-c4ccc5c(c4)c4ccccc4n5-c4nc(-c5cccc6c5sc5ccccc56)c5ccccc5n4)cc3c3c4ccccc4cc1c32. The van der Waals surface area contributed by atoms with Gasteiger partial charge in [-0.1, -0.05) is 141 Å². The molecule has 290 valence electrons. The molecule has 0 saturated carbocycles. The van der Waals surface area contributed by atoms with E-state index in [1.165, 1.54) is 91.5 Å². The summed E-state index contributed by atoms with van der Waals surface area (Å²) in [5, 5.41) is 11.1. The molecule has 0 atom stereocenters. The Labute approximate surface area is 360 Å². The summed E-state index contributed by atoms with van der Waals surface area (Å²) in [5.74, 6) is 0.668. The van der Waals surface area contributed by atoms with Crippen LogP contribution in [0.2, 0.25) is 0 Å². The first-order valence-electron chi connectivity index (χ1n) is 21.3. The number of para-hydroxylation sites is 3. The van der Waals surface area contributed by atoms with Crippen LogP contribution in [0, 0.1) is 0 Å². The minimum absolute atomic E-state index is 0.146. The van der Waals surface area contributed by atoms with E-state index in [9.17, 15) is 0 Å². The summed E-state index contributed by atoms with van der Waals surface area (Å²) >= 11 is 1.84. The molecule has 1 aliphatic heterocycles. The van der Waals surface area contributed by atoms with Crippen LogP contribution in [0.25, 0.3) is 119 Å². The van der Waals surface area contributed by atoms with Crippen molar-refractivity contribution >= 4 is 96.8 Å². The molecule has 0 aliphatic carbocycles. The zero-order valence-electron chi connectivity index (χ0n) is 34.0. The first-order valence-corrected chi connectivity index (χ1v) is 22.1. The Morgan fingerprint density at radius 3 is 2.00 bits per heavy atom. The molecule has 5 heteroatoms. The van der Waals surface area contributed by atoms with Crippen molar-refractivity contribution in [3.05, 3.63) is 193 Å². The van der Waals surface area contributed by atoms with Gasteiger partial charge in [0.15, 0.2) is 0 Å². The number of thiophene rings is 1. The van der Waals surface area contributed by atoms with E-state index in [-0.39, 0.29) is 5.41 Å². The van der Waals surface area contributed by atoms with Crippen molar-refractivity contribution < 1.29 is 0 Å². The molecule has 1 aliphatic rings. The van der Waals surface area contributed by atoms with E-state index < -0.39 is 0 Å². The standard InChI is InChI=1S/C57H36N4S/c1-57(2)44-21-8-11-24-50(44)60-49-29-27-34(31-43(49)52-36-15-4-3-14-35(36)32-45(57)54(52)60)33-26-28-48-42(30-33)37-16-6-10-23-47(37)61(48)56-58-46-22-9-5-18-40(46)53(59-56)41-20-13-19-39-38-17-7-12-25-51(38)62-55(39)41/h3-32H,1-2H3. The lowest BCUT2D eigenvalue weighted by Gasteiger charge is -2.35. The van der Waals surface area contributed by atoms with Crippen molar-refractivity contribution in [1.82, 2.24) is 19.1 Å². The summed E-state index contributed by atoms with van der Waals surface area (Å²) in [6.07, 6.45) is 0. The fourth-order valence-corrected chi connectivity index (χ4v) is 12.0. The van der Waals surface area contributed by atoms with Gasteiger partial charge in [-0.05, 0) is 87.6 Å². The number of aromatic nitrogens is 4. The Balaban J connectivity index is 0.995. The predicted molar refractivity (Wildman–Crippen MR) is 262 cm³/mol. The molecule has 14 rings (SSSR count). The van der Waals surface area contributed by atoms with Crippen LogP contribution in [-0.4, -0.2) is 19.1 Å². The summed E-state index contributed by atoms with van der Waals surface area (Å²) in [6, 6.07) is 66.7. The molecule has 0 radical (unpaired) electrons. The van der Waals surface area contributed by atoms with Gasteiger partial charge in [0.2, 0.25) is 5.95 Å². The molecule has 9 aromatic carbocycles. The van der Waals surface area contributed by atoms with E-state index in [0.717, 1.165) is 33.2 Å². The molecular weight excluding hydrogens is 773 g/mol. The number of hydrogen-bond donors (Lipinski definition) is 0. The minimum Gasteiger partial charge on any atom is -0.309 e. The second-order valence-electron chi connectivity index (χ2n) is 17.3. The van der Waals surface area contributed by atoms with Gasteiger partial charge in [-0.2, -0.15) is 0 Å². The maximum absolute atomic E-state index is 5.51. The van der Waals surface area contributed by atoms with Crippen LogP contribution in [0.5, 0.6) is 0 Å². The highest BCUT2D eigenvalue weighted by Crippen LogP contribution is 2.50. The number of hydrogen-bond acceptors (Lipinski definition) is 3. The third-order valence-corrected chi connectivity index (χ3v) is 14.9. The van der Waals surface area contributed by atoms with Gasteiger partial charge in [0.05, 0.1) is 39.0 Å². The van der Waals surface area contributed by atoms with E-state index in [0.29, 0.717) is 5.95 Å². The van der Waals surface area contributed by atoms with E-state index in [4.69, 9.17) is 9.97 Å². The molecule has 0 saturated heterocycles. The maximum Gasteiger partial charge on any atom is 0.235 e. The number of benzene rings is 9. The zero-order valence-corrected chi connectivity index (χ0v) is 34.8. The largest absolute Gasteiger partial charge is 0.309 e. The van der Waals surface area contributed by atoms with Gasteiger partial charge in [0.25, 0.3) is 0 Å². The molecule has 13 aromatic rings. The average molecular weight is 809 g/mol. The van der Waals surface area contributed by atoms with Gasteiger partial charge in [0.1, 0.15) is 0 Å². The molecule has 4 nitrogen and oxygen atoms in total. The predicted octanol–water partition coefficient (Wildman–Crippen LogP) is 15.3. The normalized spacial score (nSPS) is 13.5. The highest BCUT2D eigenvalue weighted by molar-refractivity contribution is 7.26. The Bertz CT molecular complexity index is 4090. The Kier molecular flexibility index (Phi) is 6.75. The minimum atomic E-state index is -0.146. The Morgan fingerprint density at radius 1 is 0.468 bits per heavy atom. The lowest BCUT2D eigenvalue weighted by atomic mass is 9.74. The Morgan fingerprint density at radius 2 is 1.13 bits per heavy atom. The monoisotopic (exact) mass is 808 g/mol. The third kappa shape index (κ3) is 4.50. The van der Waals surface area contributed by atoms with Gasteiger partial charge in [0, 0.05) is 58.1 Å². The molecule has 5 heterocycles. The first-order chi connectivity index (χ1) is 30.5. The zero-order chi connectivity index (χ0) is 40.8. The van der Waals surface area contributed by atoms with Gasteiger partial charge < -0.3 is 4.57 Å². The quantitative estimate of drug-likeness (QED) is 0.178. The highest BCUT2D eigenvalue weighted by atomic mass is 32.1. The molecule has 62 heavy (non-hydrogen) atoms. The van der Waals surface area contributed by atoms with Crippen molar-refractivity contribution in [2.24, 2.45) is 0 Å². The van der Waals surface area contributed by atoms with Crippen molar-refractivity contribution in [2.75, 3.05) is 0 Å². The summed E-state index contributed by atoms with van der Waals surface area (Å²) in [5.41, 5.74) is 13.9. The molecule has 0 spiro atoms. The van der Waals surface area contributed by atoms with Crippen LogP contribution in [-0.2, 0) is 5.41 Å². The lowest BCUT2D eigenvalue weighted by Crippen LogP contribution is -2.26. The average Bonchev–Trinajstić information content (AvgIpc) is 3.98. The van der Waals surface area contributed by atoms with Crippen LogP contribution in [0.4, 0.5) is 0 Å². The van der Waals surface area contributed by atoms with Crippen molar-refractivity contribution in [1.29, 1.82) is 0 Å². The van der Waals surface area contributed by atoms with Crippen LogP contribution in [0.3, 0.4) is 0 Å². The summed E-state index contributed by atoms with van der Waals surface area (Å²) in [4.78, 5) is 10.8. The molecule has 0 fully saturated rings. The second kappa shape index (κ2) is 12.3. The molecule has 4 aromatic heterocycles. The number of nitrogens with zero attached hydrogens (tertiary/aromatic N) is 4. The van der Waals surface area contributed by atoms with E-state index in [2.05, 4.69) is 205 Å². The van der Waals surface area contributed by atoms with E-state index in [1.54, 1.807) is 0 Å². The molecule has 0 unspecified atom stereocenters. The number of rotatable bonds is 3.